The molecule has 1 amide bonds. The summed E-state index contributed by atoms with van der Waals surface area (Å²) < 4.78 is 29.6. The Morgan fingerprint density at radius 2 is 1.93 bits per heavy atom. The van der Waals surface area contributed by atoms with Gasteiger partial charge in [-0.1, -0.05) is 11.3 Å². The Bertz CT molecular complexity index is 1360. The Hall–Kier alpha value is -2.34. The third kappa shape index (κ3) is 3.22. The monoisotopic (exact) mass is 461 g/mol. The lowest BCUT2D eigenvalue weighted by Gasteiger charge is -2.15. The largest absolute Gasteiger partial charge is 0.297 e. The van der Waals surface area contributed by atoms with Crippen molar-refractivity contribution in [2.24, 2.45) is 7.05 Å². The third-order valence-corrected chi connectivity index (χ3v) is 9.23. The summed E-state index contributed by atoms with van der Waals surface area (Å²) in [6.07, 6.45) is 1.79. The van der Waals surface area contributed by atoms with E-state index >= 15 is 0 Å². The number of aryl methyl sites for hydroxylation is 2. The van der Waals surface area contributed by atoms with Gasteiger partial charge in [0.25, 0.3) is 5.91 Å². The second-order valence-corrected chi connectivity index (χ2v) is 11.3. The number of nitrogens with one attached hydrogen (secondary N) is 1. The van der Waals surface area contributed by atoms with Gasteiger partial charge in [0, 0.05) is 25.5 Å². The number of benzene rings is 1. The number of thiazole rings is 1. The number of aromatic nitrogens is 3. The Labute approximate surface area is 181 Å². The van der Waals surface area contributed by atoms with Crippen LogP contribution in [-0.4, -0.2) is 46.5 Å². The molecule has 156 valence electrons. The Morgan fingerprint density at radius 3 is 2.67 bits per heavy atom. The standard InChI is InChI=1S/C19H19N5O3S3/c1-11-13-10-16(28-18(13)23(2)22-11)17(25)21-19-20-14-6-5-12(9-15(14)29-19)30(26,27)24-7-3-4-8-24/h5-6,9-10H,3-4,7-8H2,1-2H3,(H,20,21,25). The van der Waals surface area contributed by atoms with Crippen LogP contribution in [0.25, 0.3) is 20.4 Å². The molecule has 1 fully saturated rings. The fourth-order valence-electron chi connectivity index (χ4n) is 3.67. The van der Waals surface area contributed by atoms with Gasteiger partial charge < -0.3 is 0 Å². The van der Waals surface area contributed by atoms with Crippen LogP contribution in [0.1, 0.15) is 28.2 Å². The lowest BCUT2D eigenvalue weighted by atomic mass is 10.3. The summed E-state index contributed by atoms with van der Waals surface area (Å²) in [5.41, 5.74) is 1.54. The summed E-state index contributed by atoms with van der Waals surface area (Å²) in [6.45, 7) is 3.04. The van der Waals surface area contributed by atoms with E-state index in [0.717, 1.165) is 33.5 Å². The quantitative estimate of drug-likeness (QED) is 0.501. The van der Waals surface area contributed by atoms with Crippen molar-refractivity contribution in [3.63, 3.8) is 0 Å². The van der Waals surface area contributed by atoms with E-state index < -0.39 is 10.0 Å². The normalized spacial score (nSPS) is 15.4. The smallest absolute Gasteiger partial charge is 0.267 e. The first-order chi connectivity index (χ1) is 14.3. The van der Waals surface area contributed by atoms with Crippen LogP contribution in [0.2, 0.25) is 0 Å². The zero-order valence-electron chi connectivity index (χ0n) is 16.4. The van der Waals surface area contributed by atoms with Gasteiger partial charge in [-0.3, -0.25) is 14.8 Å². The number of rotatable bonds is 4. The van der Waals surface area contributed by atoms with Gasteiger partial charge in [0.05, 0.1) is 25.7 Å². The molecule has 0 spiro atoms. The van der Waals surface area contributed by atoms with Crippen LogP contribution in [0, 0.1) is 6.92 Å². The van der Waals surface area contributed by atoms with Gasteiger partial charge in [-0.05, 0) is 44.0 Å². The lowest BCUT2D eigenvalue weighted by Crippen LogP contribution is -2.27. The van der Waals surface area contributed by atoms with Crippen molar-refractivity contribution in [2.75, 3.05) is 18.4 Å². The lowest BCUT2D eigenvalue weighted by molar-refractivity contribution is 0.103. The van der Waals surface area contributed by atoms with Crippen molar-refractivity contribution in [2.45, 2.75) is 24.7 Å². The molecule has 4 aromatic rings. The van der Waals surface area contributed by atoms with Crippen LogP contribution >= 0.6 is 22.7 Å². The number of carbonyl (C=O) groups excluding carboxylic acids is 1. The number of nitrogens with zero attached hydrogens (tertiary/aromatic N) is 4. The molecule has 1 aliphatic rings. The van der Waals surface area contributed by atoms with Crippen LogP contribution in [0.3, 0.4) is 0 Å². The molecule has 0 unspecified atom stereocenters. The van der Waals surface area contributed by atoms with Crippen molar-refractivity contribution < 1.29 is 13.2 Å². The predicted molar refractivity (Wildman–Crippen MR) is 119 cm³/mol. The van der Waals surface area contributed by atoms with E-state index in [-0.39, 0.29) is 10.8 Å². The van der Waals surface area contributed by atoms with E-state index in [1.165, 1.54) is 27.0 Å². The number of fused-ring (bicyclic) bond motifs is 2. The molecule has 4 heterocycles. The van der Waals surface area contributed by atoms with Crippen LogP contribution < -0.4 is 5.32 Å². The number of thiophene rings is 1. The zero-order chi connectivity index (χ0) is 21.0. The molecule has 0 atom stereocenters. The molecule has 5 rings (SSSR count). The molecular weight excluding hydrogens is 442 g/mol. The highest BCUT2D eigenvalue weighted by atomic mass is 32.2. The van der Waals surface area contributed by atoms with E-state index in [0.29, 0.717) is 28.6 Å². The maximum Gasteiger partial charge on any atom is 0.267 e. The maximum absolute atomic E-state index is 12.8. The average Bonchev–Trinajstić information content (AvgIpc) is 3.47. The Kier molecular flexibility index (Phi) is 4.65. The molecule has 0 bridgehead atoms. The predicted octanol–water partition coefficient (Wildman–Crippen LogP) is 3.59. The number of sulfonamides is 1. The summed E-state index contributed by atoms with van der Waals surface area (Å²) in [6, 6.07) is 6.76. The first kappa shape index (κ1) is 19.6. The molecule has 1 saturated heterocycles. The van der Waals surface area contributed by atoms with E-state index in [1.54, 1.807) is 22.9 Å². The maximum atomic E-state index is 12.8. The molecule has 1 aliphatic heterocycles. The van der Waals surface area contributed by atoms with Gasteiger partial charge >= 0.3 is 0 Å². The van der Waals surface area contributed by atoms with Crippen molar-refractivity contribution in [3.8, 4) is 0 Å². The second-order valence-electron chi connectivity index (χ2n) is 7.25. The molecule has 0 radical (unpaired) electrons. The minimum atomic E-state index is -3.49. The van der Waals surface area contributed by atoms with E-state index in [9.17, 15) is 13.2 Å². The Balaban J connectivity index is 1.42. The summed E-state index contributed by atoms with van der Waals surface area (Å²) in [4.78, 5) is 18.9. The van der Waals surface area contributed by atoms with Crippen LogP contribution in [-0.2, 0) is 17.1 Å². The number of hydrogen-bond donors (Lipinski definition) is 1. The van der Waals surface area contributed by atoms with Crippen LogP contribution in [0.4, 0.5) is 5.13 Å². The van der Waals surface area contributed by atoms with Crippen molar-refractivity contribution in [1.29, 1.82) is 0 Å². The van der Waals surface area contributed by atoms with E-state index in [4.69, 9.17) is 0 Å². The first-order valence-electron chi connectivity index (χ1n) is 9.48. The fraction of sp³-hybridized carbons (Fsp3) is 0.316. The van der Waals surface area contributed by atoms with Gasteiger partial charge in [0.1, 0.15) is 4.83 Å². The average molecular weight is 462 g/mol. The van der Waals surface area contributed by atoms with Gasteiger partial charge in [-0.2, -0.15) is 9.40 Å². The number of carbonyl (C=O) groups is 1. The van der Waals surface area contributed by atoms with Gasteiger partial charge in [-0.15, -0.1) is 11.3 Å². The zero-order valence-corrected chi connectivity index (χ0v) is 18.8. The third-order valence-electron chi connectivity index (χ3n) is 5.20. The van der Waals surface area contributed by atoms with Crippen LogP contribution in [0.15, 0.2) is 29.2 Å². The highest BCUT2D eigenvalue weighted by Crippen LogP contribution is 2.32. The highest BCUT2D eigenvalue weighted by molar-refractivity contribution is 7.89. The van der Waals surface area contributed by atoms with E-state index in [1.807, 2.05) is 20.0 Å². The number of amides is 1. The highest BCUT2D eigenvalue weighted by Gasteiger charge is 2.27. The molecule has 0 saturated carbocycles. The molecule has 1 N–H and O–H groups in total. The molecule has 1 aromatic carbocycles. The van der Waals surface area contributed by atoms with E-state index in [2.05, 4.69) is 15.4 Å². The minimum absolute atomic E-state index is 0.237. The van der Waals surface area contributed by atoms with Gasteiger partial charge in [-0.25, -0.2) is 13.4 Å². The summed E-state index contributed by atoms with van der Waals surface area (Å²) in [5.74, 6) is -0.237. The van der Waals surface area contributed by atoms with Gasteiger partial charge in [0.2, 0.25) is 10.0 Å². The molecule has 30 heavy (non-hydrogen) atoms. The molecular formula is C19H19N5O3S3. The van der Waals surface area contributed by atoms with Crippen molar-refractivity contribution in [3.05, 3.63) is 34.8 Å². The number of hydrogen-bond acceptors (Lipinski definition) is 7. The fourth-order valence-corrected chi connectivity index (χ4v) is 7.21. The molecule has 0 aliphatic carbocycles. The summed E-state index contributed by atoms with van der Waals surface area (Å²) in [5, 5.41) is 8.60. The SMILES string of the molecule is Cc1nn(C)c2sc(C(=O)Nc3nc4ccc(S(=O)(=O)N5CCCC5)cc4s3)cc12. The van der Waals surface area contributed by atoms with Crippen molar-refractivity contribution >= 4 is 64.2 Å². The van der Waals surface area contributed by atoms with Crippen LogP contribution in [0.5, 0.6) is 0 Å². The molecule has 3 aromatic heterocycles. The van der Waals surface area contributed by atoms with Gasteiger partial charge in [0.15, 0.2) is 5.13 Å². The van der Waals surface area contributed by atoms with Crippen molar-refractivity contribution in [1.82, 2.24) is 19.1 Å². The second kappa shape index (κ2) is 7.12. The molecule has 11 heteroatoms. The minimum Gasteiger partial charge on any atom is -0.297 e. The summed E-state index contributed by atoms with van der Waals surface area (Å²) >= 11 is 2.65. The molecule has 8 nitrogen and oxygen atoms in total. The Morgan fingerprint density at radius 1 is 1.17 bits per heavy atom. The summed E-state index contributed by atoms with van der Waals surface area (Å²) in [7, 11) is -1.63. The first-order valence-corrected chi connectivity index (χ1v) is 12.6. The number of anilines is 1. The topological polar surface area (TPSA) is 97.2 Å².